The third-order valence-electron chi connectivity index (χ3n) is 4.36. The first-order valence-electron chi connectivity index (χ1n) is 6.97. The van der Waals surface area contributed by atoms with Gasteiger partial charge in [0.2, 0.25) is 0 Å². The van der Waals surface area contributed by atoms with E-state index in [9.17, 15) is 5.11 Å². The molecule has 0 atom stereocenters. The number of aliphatic hydroxyl groups excluding tert-OH is 1. The lowest BCUT2D eigenvalue weighted by molar-refractivity contribution is 0.504. The summed E-state index contributed by atoms with van der Waals surface area (Å²) in [5.74, 6) is 0.484. The van der Waals surface area contributed by atoms with Crippen LogP contribution >= 0.6 is 0 Å². The molecule has 4 rings (SSSR count). The molecule has 0 radical (unpaired) electrons. The summed E-state index contributed by atoms with van der Waals surface area (Å²) in [6, 6.07) is 13.1. The Morgan fingerprint density at radius 1 is 0.789 bits per heavy atom. The van der Waals surface area contributed by atoms with Crippen molar-refractivity contribution in [2.75, 3.05) is 0 Å². The second-order valence-electron chi connectivity index (χ2n) is 5.41. The average Bonchev–Trinajstić information content (AvgIpc) is 2.46. The number of allylic oxidation sites excluding steroid dienone is 1. The van der Waals surface area contributed by atoms with Crippen LogP contribution in [0, 0.1) is 0 Å². The lowest BCUT2D eigenvalue weighted by atomic mass is 9.79. The number of fused-ring (bicyclic) bond motifs is 5. The SMILES string of the molecule is OC1=CCCc2ccc3c(c21)CCc1ccccc1-3. The predicted octanol–water partition coefficient (Wildman–Crippen LogP) is 4.30. The van der Waals surface area contributed by atoms with E-state index in [0.29, 0.717) is 5.76 Å². The van der Waals surface area contributed by atoms with Gasteiger partial charge in [0.1, 0.15) is 5.76 Å². The maximum atomic E-state index is 10.2. The number of hydrogen-bond acceptors (Lipinski definition) is 1. The third-order valence-corrected chi connectivity index (χ3v) is 4.36. The molecule has 2 aromatic carbocycles. The highest BCUT2D eigenvalue weighted by atomic mass is 16.3. The number of benzene rings is 2. The molecule has 0 heterocycles. The zero-order valence-corrected chi connectivity index (χ0v) is 10.8. The molecule has 1 N–H and O–H groups in total. The first-order chi connectivity index (χ1) is 9.34. The van der Waals surface area contributed by atoms with E-state index in [2.05, 4.69) is 36.4 Å². The number of rotatable bonds is 0. The minimum absolute atomic E-state index is 0.484. The summed E-state index contributed by atoms with van der Waals surface area (Å²) < 4.78 is 0. The average molecular weight is 248 g/mol. The van der Waals surface area contributed by atoms with Crippen LogP contribution in [0.3, 0.4) is 0 Å². The summed E-state index contributed by atoms with van der Waals surface area (Å²) in [7, 11) is 0. The van der Waals surface area contributed by atoms with Crippen molar-refractivity contribution in [1.29, 1.82) is 0 Å². The van der Waals surface area contributed by atoms with Crippen LogP contribution < -0.4 is 0 Å². The molecule has 0 unspecified atom stereocenters. The predicted molar refractivity (Wildman–Crippen MR) is 78.2 cm³/mol. The van der Waals surface area contributed by atoms with Crippen LogP contribution in [-0.2, 0) is 19.3 Å². The monoisotopic (exact) mass is 248 g/mol. The van der Waals surface area contributed by atoms with Gasteiger partial charge in [-0.3, -0.25) is 0 Å². The van der Waals surface area contributed by atoms with Gasteiger partial charge in [0, 0.05) is 5.56 Å². The molecule has 0 fully saturated rings. The molecule has 0 saturated heterocycles. The van der Waals surface area contributed by atoms with Gasteiger partial charge in [-0.25, -0.2) is 0 Å². The Labute approximate surface area is 113 Å². The van der Waals surface area contributed by atoms with E-state index in [4.69, 9.17) is 0 Å². The van der Waals surface area contributed by atoms with Crippen LogP contribution in [0.25, 0.3) is 16.9 Å². The Kier molecular flexibility index (Phi) is 2.28. The lowest BCUT2D eigenvalue weighted by Gasteiger charge is -2.25. The molecule has 0 spiro atoms. The normalized spacial score (nSPS) is 16.1. The molecule has 19 heavy (non-hydrogen) atoms. The second kappa shape index (κ2) is 3.99. The summed E-state index contributed by atoms with van der Waals surface area (Å²) in [6.45, 7) is 0. The molecular weight excluding hydrogens is 232 g/mol. The molecule has 0 aromatic heterocycles. The molecule has 0 saturated carbocycles. The maximum Gasteiger partial charge on any atom is 0.119 e. The van der Waals surface area contributed by atoms with Crippen LogP contribution in [0.15, 0.2) is 42.5 Å². The van der Waals surface area contributed by atoms with Gasteiger partial charge in [-0.05, 0) is 59.6 Å². The first kappa shape index (κ1) is 10.9. The minimum Gasteiger partial charge on any atom is -0.508 e. The Balaban J connectivity index is 2.01. The third kappa shape index (κ3) is 1.54. The molecule has 0 aliphatic heterocycles. The summed E-state index contributed by atoms with van der Waals surface area (Å²) in [5.41, 5.74) is 7.82. The van der Waals surface area contributed by atoms with E-state index in [-0.39, 0.29) is 0 Å². The summed E-state index contributed by atoms with van der Waals surface area (Å²) >= 11 is 0. The lowest BCUT2D eigenvalue weighted by Crippen LogP contribution is -2.11. The van der Waals surface area contributed by atoms with Crippen molar-refractivity contribution in [2.24, 2.45) is 0 Å². The standard InChI is InChI=1S/C18H16O/c19-17-7-3-5-13-9-10-15-14-6-2-1-4-12(14)8-11-16(15)18(13)17/h1-2,4,6-7,9-10,19H,3,5,8,11H2. The molecule has 2 aromatic rings. The maximum absolute atomic E-state index is 10.2. The molecule has 1 nitrogen and oxygen atoms in total. The van der Waals surface area contributed by atoms with E-state index in [1.807, 2.05) is 6.08 Å². The van der Waals surface area contributed by atoms with Gasteiger partial charge in [0.05, 0.1) is 0 Å². The molecule has 0 amide bonds. The Morgan fingerprint density at radius 2 is 1.68 bits per heavy atom. The van der Waals surface area contributed by atoms with Crippen LogP contribution in [0.5, 0.6) is 0 Å². The molecule has 1 heteroatoms. The van der Waals surface area contributed by atoms with Crippen LogP contribution in [0.1, 0.15) is 28.7 Å². The summed E-state index contributed by atoms with van der Waals surface area (Å²) in [4.78, 5) is 0. The Morgan fingerprint density at radius 3 is 2.63 bits per heavy atom. The summed E-state index contributed by atoms with van der Waals surface area (Å²) in [6.07, 6.45) is 6.08. The highest BCUT2D eigenvalue weighted by Gasteiger charge is 2.23. The van der Waals surface area contributed by atoms with E-state index in [1.54, 1.807) is 0 Å². The first-order valence-corrected chi connectivity index (χ1v) is 6.97. The molecule has 2 aliphatic rings. The molecular formula is C18H16O. The van der Waals surface area contributed by atoms with Crippen molar-refractivity contribution in [1.82, 2.24) is 0 Å². The highest BCUT2D eigenvalue weighted by molar-refractivity contribution is 5.80. The Hall–Kier alpha value is -2.02. The van der Waals surface area contributed by atoms with Gasteiger partial charge < -0.3 is 5.11 Å². The largest absolute Gasteiger partial charge is 0.508 e. The van der Waals surface area contributed by atoms with Crippen molar-refractivity contribution in [3.8, 4) is 11.1 Å². The van der Waals surface area contributed by atoms with E-state index in [1.165, 1.54) is 27.8 Å². The number of aliphatic hydroxyl groups is 1. The van der Waals surface area contributed by atoms with Crippen molar-refractivity contribution >= 4 is 5.76 Å². The van der Waals surface area contributed by atoms with Crippen molar-refractivity contribution in [3.63, 3.8) is 0 Å². The van der Waals surface area contributed by atoms with Gasteiger partial charge in [0.25, 0.3) is 0 Å². The fourth-order valence-electron chi connectivity index (χ4n) is 3.46. The van der Waals surface area contributed by atoms with E-state index < -0.39 is 0 Å². The minimum atomic E-state index is 0.484. The highest BCUT2D eigenvalue weighted by Crippen LogP contribution is 2.39. The zero-order chi connectivity index (χ0) is 12.8. The molecule has 94 valence electrons. The molecule has 0 bridgehead atoms. The fraction of sp³-hybridized carbons (Fsp3) is 0.222. The van der Waals surface area contributed by atoms with Crippen molar-refractivity contribution in [3.05, 3.63) is 64.7 Å². The smallest absolute Gasteiger partial charge is 0.119 e. The number of hydrogen-bond donors (Lipinski definition) is 1. The van der Waals surface area contributed by atoms with Gasteiger partial charge in [-0.15, -0.1) is 0 Å². The quantitative estimate of drug-likeness (QED) is 0.737. The van der Waals surface area contributed by atoms with Gasteiger partial charge in [-0.1, -0.05) is 36.4 Å². The fourth-order valence-corrected chi connectivity index (χ4v) is 3.46. The van der Waals surface area contributed by atoms with Crippen LogP contribution in [0.4, 0.5) is 0 Å². The second-order valence-corrected chi connectivity index (χ2v) is 5.41. The zero-order valence-electron chi connectivity index (χ0n) is 10.8. The van der Waals surface area contributed by atoms with Crippen molar-refractivity contribution in [2.45, 2.75) is 25.7 Å². The van der Waals surface area contributed by atoms with Crippen LogP contribution in [-0.4, -0.2) is 5.11 Å². The van der Waals surface area contributed by atoms with Crippen molar-refractivity contribution < 1.29 is 5.11 Å². The van der Waals surface area contributed by atoms with E-state index >= 15 is 0 Å². The molecule has 2 aliphatic carbocycles. The van der Waals surface area contributed by atoms with Gasteiger partial charge in [0.15, 0.2) is 0 Å². The van der Waals surface area contributed by atoms with E-state index in [0.717, 1.165) is 31.2 Å². The Bertz CT molecular complexity index is 695. The van der Waals surface area contributed by atoms with Gasteiger partial charge in [-0.2, -0.15) is 0 Å². The van der Waals surface area contributed by atoms with Crippen LogP contribution in [0.2, 0.25) is 0 Å². The number of aryl methyl sites for hydroxylation is 2. The summed E-state index contributed by atoms with van der Waals surface area (Å²) in [5, 5.41) is 10.2. The van der Waals surface area contributed by atoms with Gasteiger partial charge >= 0.3 is 0 Å². The topological polar surface area (TPSA) is 20.2 Å².